The Hall–Kier alpha value is -2.18. The van der Waals surface area contributed by atoms with E-state index in [2.05, 4.69) is 4.98 Å². The van der Waals surface area contributed by atoms with Gasteiger partial charge < -0.3 is 4.57 Å². The summed E-state index contributed by atoms with van der Waals surface area (Å²) in [6.07, 6.45) is 4.28. The van der Waals surface area contributed by atoms with Gasteiger partial charge in [0.15, 0.2) is 11.2 Å². The minimum atomic E-state index is -0.400. The summed E-state index contributed by atoms with van der Waals surface area (Å²) < 4.78 is 4.17. The van der Waals surface area contributed by atoms with Crippen LogP contribution < -0.4 is 11.2 Å². The number of carbonyl (C=O) groups is 1. The molecule has 0 unspecified atom stereocenters. The van der Waals surface area contributed by atoms with Gasteiger partial charge in [-0.05, 0) is 19.8 Å². The predicted molar refractivity (Wildman–Crippen MR) is 82.1 cm³/mol. The second-order valence-corrected chi connectivity index (χ2v) is 6.12. The smallest absolute Gasteiger partial charge is 0.314 e. The van der Waals surface area contributed by atoms with E-state index < -0.39 is 11.2 Å². The summed E-state index contributed by atoms with van der Waals surface area (Å²) >= 11 is 0. The van der Waals surface area contributed by atoms with Crippen LogP contribution in [0.1, 0.15) is 44.3 Å². The van der Waals surface area contributed by atoms with Crippen LogP contribution in [-0.4, -0.2) is 24.5 Å². The zero-order valence-electron chi connectivity index (χ0n) is 13.1. The van der Waals surface area contributed by atoms with Crippen LogP contribution in [0.2, 0.25) is 0 Å². The van der Waals surface area contributed by atoms with Crippen molar-refractivity contribution >= 4 is 16.9 Å². The van der Waals surface area contributed by atoms with E-state index >= 15 is 0 Å². The molecule has 1 fully saturated rings. The Morgan fingerprint density at radius 2 is 1.82 bits per heavy atom. The first-order valence-electron chi connectivity index (χ1n) is 7.57. The second kappa shape index (κ2) is 5.23. The number of aryl methyl sites for hydroxylation is 1. The Bertz CT molecular complexity index is 866. The molecule has 0 saturated heterocycles. The number of rotatable bonds is 3. The molecule has 0 spiro atoms. The van der Waals surface area contributed by atoms with E-state index in [1.54, 1.807) is 11.6 Å². The highest BCUT2D eigenvalue weighted by atomic mass is 16.2. The summed E-state index contributed by atoms with van der Waals surface area (Å²) in [7, 11) is 3.05. The number of carbonyl (C=O) groups excluding carboxylic acids is 1. The van der Waals surface area contributed by atoms with Crippen molar-refractivity contribution in [1.29, 1.82) is 0 Å². The van der Waals surface area contributed by atoms with Gasteiger partial charge >= 0.3 is 5.69 Å². The summed E-state index contributed by atoms with van der Waals surface area (Å²) in [5, 5.41) is 0. The van der Waals surface area contributed by atoms with E-state index in [4.69, 9.17) is 0 Å². The molecule has 0 aliphatic heterocycles. The zero-order chi connectivity index (χ0) is 16.0. The predicted octanol–water partition coefficient (Wildman–Crippen LogP) is 0.680. The van der Waals surface area contributed by atoms with Gasteiger partial charge in [0.2, 0.25) is 0 Å². The molecule has 0 bridgehead atoms. The Balaban J connectivity index is 2.38. The fraction of sp³-hybridized carbons (Fsp3) is 0.600. The molecule has 0 N–H and O–H groups in total. The monoisotopic (exact) mass is 304 g/mol. The fourth-order valence-corrected chi connectivity index (χ4v) is 3.34. The van der Waals surface area contributed by atoms with Crippen LogP contribution in [0.25, 0.3) is 11.2 Å². The van der Waals surface area contributed by atoms with E-state index in [-0.39, 0.29) is 18.2 Å². The quantitative estimate of drug-likeness (QED) is 0.835. The molecule has 0 aromatic carbocycles. The van der Waals surface area contributed by atoms with Gasteiger partial charge in [0.25, 0.3) is 5.56 Å². The molecular weight excluding hydrogens is 284 g/mol. The third-order valence-corrected chi connectivity index (χ3v) is 4.48. The van der Waals surface area contributed by atoms with Gasteiger partial charge in [0.1, 0.15) is 11.6 Å². The molecule has 2 heterocycles. The van der Waals surface area contributed by atoms with Crippen LogP contribution in [-0.2, 0) is 25.4 Å². The van der Waals surface area contributed by atoms with E-state index in [0.29, 0.717) is 11.2 Å². The van der Waals surface area contributed by atoms with Crippen molar-refractivity contribution in [2.75, 3.05) is 0 Å². The fourth-order valence-electron chi connectivity index (χ4n) is 3.34. The minimum absolute atomic E-state index is 0.0329. The van der Waals surface area contributed by atoms with E-state index in [1.807, 2.05) is 0 Å². The third-order valence-electron chi connectivity index (χ3n) is 4.48. The highest BCUT2D eigenvalue weighted by Crippen LogP contribution is 2.34. The summed E-state index contributed by atoms with van der Waals surface area (Å²) in [5.41, 5.74) is -0.0722. The standard InChI is InChI=1S/C15H20N4O3/c1-9(20)8-19-11-13(16-12(19)10-6-4-5-7-10)17(2)15(22)18(3)14(11)21/h10H,4-8H2,1-3H3. The third kappa shape index (κ3) is 2.12. The molecule has 3 rings (SSSR count). The molecular formula is C15H20N4O3. The normalized spacial score (nSPS) is 15.8. The van der Waals surface area contributed by atoms with Gasteiger partial charge in [-0.15, -0.1) is 0 Å². The van der Waals surface area contributed by atoms with Crippen LogP contribution in [0.15, 0.2) is 9.59 Å². The number of fused-ring (bicyclic) bond motifs is 1. The molecule has 2 aromatic rings. The Morgan fingerprint density at radius 1 is 1.18 bits per heavy atom. The maximum absolute atomic E-state index is 12.5. The van der Waals surface area contributed by atoms with Gasteiger partial charge in [-0.2, -0.15) is 0 Å². The Labute approximate surface area is 127 Å². The average molecular weight is 304 g/mol. The molecule has 1 aliphatic rings. The molecule has 0 atom stereocenters. The maximum atomic E-state index is 12.5. The number of nitrogens with zero attached hydrogens (tertiary/aromatic N) is 4. The maximum Gasteiger partial charge on any atom is 0.332 e. The first kappa shape index (κ1) is 14.7. The van der Waals surface area contributed by atoms with Gasteiger partial charge in [0.05, 0.1) is 6.54 Å². The van der Waals surface area contributed by atoms with Crippen molar-refractivity contribution < 1.29 is 4.79 Å². The molecule has 7 heteroatoms. The molecule has 2 aromatic heterocycles. The largest absolute Gasteiger partial charge is 0.332 e. The molecule has 22 heavy (non-hydrogen) atoms. The van der Waals surface area contributed by atoms with Crippen LogP contribution in [0, 0.1) is 0 Å². The first-order chi connectivity index (χ1) is 10.4. The van der Waals surface area contributed by atoms with Gasteiger partial charge in [-0.1, -0.05) is 12.8 Å². The number of hydrogen-bond donors (Lipinski definition) is 0. The molecule has 0 radical (unpaired) electrons. The van der Waals surface area contributed by atoms with Crippen molar-refractivity contribution in [2.24, 2.45) is 14.1 Å². The lowest BCUT2D eigenvalue weighted by molar-refractivity contribution is -0.117. The molecule has 118 valence electrons. The number of Topliss-reactive ketones (excluding diaryl/α,β-unsaturated/α-hetero) is 1. The molecule has 1 aliphatic carbocycles. The van der Waals surface area contributed by atoms with Crippen LogP contribution in [0.5, 0.6) is 0 Å². The minimum Gasteiger partial charge on any atom is -0.314 e. The van der Waals surface area contributed by atoms with E-state index in [0.717, 1.165) is 36.1 Å². The topological polar surface area (TPSA) is 78.9 Å². The number of hydrogen-bond acceptors (Lipinski definition) is 4. The molecule has 7 nitrogen and oxygen atoms in total. The number of imidazole rings is 1. The van der Waals surface area contributed by atoms with Gasteiger partial charge in [-0.25, -0.2) is 9.78 Å². The van der Waals surface area contributed by atoms with Crippen molar-refractivity contribution in [3.63, 3.8) is 0 Å². The lowest BCUT2D eigenvalue weighted by Gasteiger charge is -2.11. The SMILES string of the molecule is CC(=O)Cn1c(C2CCCC2)nc2c1c(=O)n(C)c(=O)n2C. The average Bonchev–Trinajstić information content (AvgIpc) is 3.10. The first-order valence-corrected chi connectivity index (χ1v) is 7.57. The van der Waals surface area contributed by atoms with Crippen molar-refractivity contribution in [3.05, 3.63) is 26.7 Å². The number of ketones is 1. The van der Waals surface area contributed by atoms with E-state index in [1.165, 1.54) is 18.5 Å². The number of aromatic nitrogens is 4. The van der Waals surface area contributed by atoms with Crippen molar-refractivity contribution in [1.82, 2.24) is 18.7 Å². The highest BCUT2D eigenvalue weighted by Gasteiger charge is 2.27. The second-order valence-electron chi connectivity index (χ2n) is 6.12. The van der Waals surface area contributed by atoms with Crippen LogP contribution in [0.4, 0.5) is 0 Å². The Kier molecular flexibility index (Phi) is 3.50. The zero-order valence-corrected chi connectivity index (χ0v) is 13.1. The summed E-state index contributed by atoms with van der Waals surface area (Å²) in [4.78, 5) is 40.8. The molecule has 1 saturated carbocycles. The van der Waals surface area contributed by atoms with Crippen LogP contribution in [0.3, 0.4) is 0 Å². The van der Waals surface area contributed by atoms with Gasteiger partial charge in [0, 0.05) is 20.0 Å². The van der Waals surface area contributed by atoms with Crippen LogP contribution >= 0.6 is 0 Å². The summed E-state index contributed by atoms with van der Waals surface area (Å²) in [6, 6.07) is 0. The highest BCUT2D eigenvalue weighted by molar-refractivity contribution is 5.79. The summed E-state index contributed by atoms with van der Waals surface area (Å²) in [6.45, 7) is 1.62. The van der Waals surface area contributed by atoms with Crippen molar-refractivity contribution in [2.45, 2.75) is 45.1 Å². The Morgan fingerprint density at radius 3 is 2.41 bits per heavy atom. The van der Waals surface area contributed by atoms with Crippen molar-refractivity contribution in [3.8, 4) is 0 Å². The van der Waals surface area contributed by atoms with E-state index in [9.17, 15) is 14.4 Å². The lowest BCUT2D eigenvalue weighted by atomic mass is 10.1. The molecule has 0 amide bonds. The summed E-state index contributed by atoms with van der Waals surface area (Å²) in [5.74, 6) is 0.988. The lowest BCUT2D eigenvalue weighted by Crippen LogP contribution is -2.37. The van der Waals surface area contributed by atoms with Gasteiger partial charge in [-0.3, -0.25) is 18.7 Å².